The fourth-order valence-corrected chi connectivity index (χ4v) is 3.09. The average molecular weight is 242 g/mol. The lowest BCUT2D eigenvalue weighted by Gasteiger charge is -2.06. The molecule has 1 aromatic heterocycles. The zero-order valence-corrected chi connectivity index (χ0v) is 11.4. The molecule has 0 saturated carbocycles. The minimum Gasteiger partial charge on any atom is -0.293 e. The van der Waals surface area contributed by atoms with Gasteiger partial charge in [0.2, 0.25) is 0 Å². The smallest absolute Gasteiger partial charge is 0.173 e. The van der Waals surface area contributed by atoms with Crippen molar-refractivity contribution >= 4 is 28.9 Å². The Morgan fingerprint density at radius 1 is 1.53 bits per heavy atom. The summed E-state index contributed by atoms with van der Waals surface area (Å²) in [6.45, 7) is 8.40. The molecule has 0 aliphatic carbocycles. The van der Waals surface area contributed by atoms with Gasteiger partial charge in [-0.15, -0.1) is 11.3 Å². The minimum atomic E-state index is 0.280. The molecule has 0 aliphatic heterocycles. The molecule has 1 atom stereocenters. The topological polar surface area (TPSA) is 17.1 Å². The Kier molecular flexibility index (Phi) is 4.87. The molecule has 0 N–H and O–H groups in total. The average Bonchev–Trinajstić information content (AvgIpc) is 2.53. The van der Waals surface area contributed by atoms with Crippen molar-refractivity contribution in [2.75, 3.05) is 5.75 Å². The van der Waals surface area contributed by atoms with E-state index in [9.17, 15) is 4.79 Å². The molecule has 0 amide bonds. The van der Waals surface area contributed by atoms with Gasteiger partial charge in [-0.25, -0.2) is 0 Å². The third-order valence-electron chi connectivity index (χ3n) is 2.42. The molecule has 3 heteroatoms. The van der Waals surface area contributed by atoms with Gasteiger partial charge in [0, 0.05) is 20.6 Å². The minimum absolute atomic E-state index is 0.280. The van der Waals surface area contributed by atoms with E-state index in [-0.39, 0.29) is 5.78 Å². The predicted octanol–water partition coefficient (Wildman–Crippen LogP) is 4.08. The molecule has 0 radical (unpaired) electrons. The summed E-state index contributed by atoms with van der Waals surface area (Å²) in [5, 5.41) is 0.578. The SMILES string of the molecule is CCC(C)SCC(=O)c1cc(C)sc1C. The van der Waals surface area contributed by atoms with Gasteiger partial charge in [0.05, 0.1) is 5.75 Å². The van der Waals surface area contributed by atoms with Crippen LogP contribution in [0.15, 0.2) is 6.07 Å². The van der Waals surface area contributed by atoms with Crippen molar-refractivity contribution in [3.05, 3.63) is 21.4 Å². The van der Waals surface area contributed by atoms with Crippen molar-refractivity contribution in [2.45, 2.75) is 39.4 Å². The van der Waals surface area contributed by atoms with Crippen molar-refractivity contribution < 1.29 is 4.79 Å². The Bertz CT molecular complexity index is 341. The number of ketones is 1. The molecule has 1 aromatic rings. The van der Waals surface area contributed by atoms with E-state index in [2.05, 4.69) is 20.8 Å². The van der Waals surface area contributed by atoms with Crippen molar-refractivity contribution in [1.82, 2.24) is 0 Å². The maximum atomic E-state index is 11.9. The van der Waals surface area contributed by atoms with Crippen LogP contribution in [-0.4, -0.2) is 16.8 Å². The molecule has 0 bridgehead atoms. The van der Waals surface area contributed by atoms with E-state index < -0.39 is 0 Å². The molecule has 1 nitrogen and oxygen atoms in total. The number of carbonyl (C=O) groups is 1. The van der Waals surface area contributed by atoms with E-state index in [0.717, 1.165) is 16.9 Å². The molecule has 15 heavy (non-hydrogen) atoms. The highest BCUT2D eigenvalue weighted by Gasteiger charge is 2.12. The van der Waals surface area contributed by atoms with Gasteiger partial charge in [-0.2, -0.15) is 11.8 Å². The van der Waals surface area contributed by atoms with Gasteiger partial charge in [0.15, 0.2) is 5.78 Å². The highest BCUT2D eigenvalue weighted by molar-refractivity contribution is 8.00. The maximum Gasteiger partial charge on any atom is 0.173 e. The fraction of sp³-hybridized carbons (Fsp3) is 0.583. The van der Waals surface area contributed by atoms with Gasteiger partial charge in [0.1, 0.15) is 0 Å². The van der Waals surface area contributed by atoms with Gasteiger partial charge < -0.3 is 0 Å². The van der Waals surface area contributed by atoms with Gasteiger partial charge in [-0.3, -0.25) is 4.79 Å². The normalized spacial score (nSPS) is 12.8. The molecule has 1 rings (SSSR count). The largest absolute Gasteiger partial charge is 0.293 e. The van der Waals surface area contributed by atoms with Gasteiger partial charge in [-0.1, -0.05) is 13.8 Å². The lowest BCUT2D eigenvalue weighted by molar-refractivity contribution is 0.102. The van der Waals surface area contributed by atoms with Crippen molar-refractivity contribution in [3.63, 3.8) is 0 Å². The number of carbonyl (C=O) groups excluding carboxylic acids is 1. The van der Waals surface area contributed by atoms with Gasteiger partial charge in [-0.05, 0) is 26.3 Å². The summed E-state index contributed by atoms with van der Waals surface area (Å²) < 4.78 is 0. The van der Waals surface area contributed by atoms with Crippen LogP contribution in [0.5, 0.6) is 0 Å². The molecule has 1 heterocycles. The van der Waals surface area contributed by atoms with Crippen LogP contribution in [0, 0.1) is 13.8 Å². The number of thiophene rings is 1. The monoisotopic (exact) mass is 242 g/mol. The van der Waals surface area contributed by atoms with E-state index in [0.29, 0.717) is 11.0 Å². The second-order valence-electron chi connectivity index (χ2n) is 3.78. The van der Waals surface area contributed by atoms with Crippen LogP contribution in [0.1, 0.15) is 40.4 Å². The molecule has 0 spiro atoms. The van der Waals surface area contributed by atoms with Crippen LogP contribution in [0.2, 0.25) is 0 Å². The Morgan fingerprint density at radius 3 is 2.67 bits per heavy atom. The first-order valence-electron chi connectivity index (χ1n) is 5.26. The van der Waals surface area contributed by atoms with Crippen LogP contribution in [0.25, 0.3) is 0 Å². The van der Waals surface area contributed by atoms with Crippen molar-refractivity contribution in [3.8, 4) is 0 Å². The molecule has 0 aliphatic rings. The first-order valence-corrected chi connectivity index (χ1v) is 7.13. The summed E-state index contributed by atoms with van der Waals surface area (Å²) in [5.74, 6) is 0.897. The van der Waals surface area contributed by atoms with Crippen LogP contribution < -0.4 is 0 Å². The van der Waals surface area contributed by atoms with E-state index in [1.54, 1.807) is 23.1 Å². The second kappa shape index (κ2) is 5.71. The van der Waals surface area contributed by atoms with Gasteiger partial charge >= 0.3 is 0 Å². The Morgan fingerprint density at radius 2 is 2.20 bits per heavy atom. The standard InChI is InChI=1S/C12H18OS2/c1-5-8(2)14-7-12(13)11-6-9(3)15-10(11)4/h6,8H,5,7H2,1-4H3. The van der Waals surface area contributed by atoms with E-state index >= 15 is 0 Å². The quantitative estimate of drug-likeness (QED) is 0.724. The lowest BCUT2D eigenvalue weighted by Crippen LogP contribution is -2.06. The molecule has 84 valence electrons. The summed E-state index contributed by atoms with van der Waals surface area (Å²) >= 11 is 3.46. The third-order valence-corrected chi connectivity index (χ3v) is 4.71. The first kappa shape index (κ1) is 12.8. The zero-order valence-electron chi connectivity index (χ0n) is 9.79. The number of hydrogen-bond donors (Lipinski definition) is 0. The van der Waals surface area contributed by atoms with E-state index in [1.807, 2.05) is 13.0 Å². The van der Waals surface area contributed by atoms with Crippen LogP contribution in [-0.2, 0) is 0 Å². The molecule has 0 fully saturated rings. The number of rotatable bonds is 5. The number of hydrogen-bond acceptors (Lipinski definition) is 3. The summed E-state index contributed by atoms with van der Waals surface area (Å²) in [7, 11) is 0. The zero-order chi connectivity index (χ0) is 11.4. The summed E-state index contributed by atoms with van der Waals surface area (Å²) in [5.41, 5.74) is 0.924. The van der Waals surface area contributed by atoms with E-state index in [4.69, 9.17) is 0 Å². The highest BCUT2D eigenvalue weighted by atomic mass is 32.2. The molecular weight excluding hydrogens is 224 g/mol. The van der Waals surface area contributed by atoms with Crippen LogP contribution in [0.4, 0.5) is 0 Å². The lowest BCUT2D eigenvalue weighted by atomic mass is 10.2. The predicted molar refractivity (Wildman–Crippen MR) is 70.3 cm³/mol. The summed E-state index contributed by atoms with van der Waals surface area (Å²) in [4.78, 5) is 14.3. The van der Waals surface area contributed by atoms with Gasteiger partial charge in [0.25, 0.3) is 0 Å². The summed E-state index contributed by atoms with van der Waals surface area (Å²) in [6.07, 6.45) is 1.12. The first-order chi connectivity index (χ1) is 7.04. The number of aryl methyl sites for hydroxylation is 2. The maximum absolute atomic E-state index is 11.9. The Hall–Kier alpha value is -0.280. The number of Topliss-reactive ketones (excluding diaryl/α,β-unsaturated/α-hetero) is 1. The molecule has 0 aromatic carbocycles. The molecule has 0 saturated heterocycles. The molecular formula is C12H18OS2. The summed E-state index contributed by atoms with van der Waals surface area (Å²) in [6, 6.07) is 2.01. The second-order valence-corrected chi connectivity index (χ2v) is 6.67. The number of thioether (sulfide) groups is 1. The molecule has 1 unspecified atom stereocenters. The van der Waals surface area contributed by atoms with E-state index in [1.165, 1.54) is 4.88 Å². The van der Waals surface area contributed by atoms with Crippen LogP contribution in [0.3, 0.4) is 0 Å². The third kappa shape index (κ3) is 3.65. The van der Waals surface area contributed by atoms with Crippen molar-refractivity contribution in [2.24, 2.45) is 0 Å². The van der Waals surface area contributed by atoms with Crippen LogP contribution >= 0.6 is 23.1 Å². The highest BCUT2D eigenvalue weighted by Crippen LogP contribution is 2.23. The Labute approximate surface area is 100 Å². The van der Waals surface area contributed by atoms with Crippen molar-refractivity contribution in [1.29, 1.82) is 0 Å². The Balaban J connectivity index is 2.58. The fourth-order valence-electron chi connectivity index (χ4n) is 1.32.